The van der Waals surface area contributed by atoms with Crippen molar-refractivity contribution in [3.63, 3.8) is 0 Å². The molecular weight excluding hydrogens is 573 g/mol. The molecule has 2 atom stereocenters. The normalized spacial score (nSPS) is 17.7. The molecule has 14 nitrogen and oxygen atoms in total. The number of hydrogen-bond donors (Lipinski definition) is 5. The summed E-state index contributed by atoms with van der Waals surface area (Å²) in [6.07, 6.45) is 0.392. The molecular formula is C23H23BClN3O11S. The molecule has 0 saturated carbocycles. The van der Waals surface area contributed by atoms with Crippen LogP contribution in [0.4, 0.5) is 9.59 Å². The van der Waals surface area contributed by atoms with Crippen LogP contribution in [0.1, 0.15) is 33.9 Å². The largest absolute Gasteiger partial charge is 0.535 e. The van der Waals surface area contributed by atoms with Gasteiger partial charge in [0, 0.05) is 17.8 Å². The van der Waals surface area contributed by atoms with Crippen molar-refractivity contribution < 1.29 is 52.6 Å². The molecule has 4 amide bonds. The lowest BCUT2D eigenvalue weighted by atomic mass is 9.64. The Kier molecular flexibility index (Phi) is 7.87. The first-order valence-electron chi connectivity index (χ1n) is 11.7. The Balaban J connectivity index is 1.62. The van der Waals surface area contributed by atoms with E-state index in [1.54, 1.807) is 6.07 Å². The molecule has 212 valence electrons. The lowest BCUT2D eigenvalue weighted by molar-refractivity contribution is -0.121. The number of para-hydroxylation sites is 1. The maximum absolute atomic E-state index is 13.6. The molecule has 2 heterocycles. The minimum absolute atomic E-state index is 0.0342. The van der Waals surface area contributed by atoms with Gasteiger partial charge >= 0.3 is 25.1 Å². The van der Waals surface area contributed by atoms with Gasteiger partial charge in [-0.1, -0.05) is 29.8 Å². The number of phenolic OH excluding ortho intramolecular Hbond substituents is 2. The maximum Gasteiger partial charge on any atom is 0.526 e. The van der Waals surface area contributed by atoms with Gasteiger partial charge in [-0.3, -0.25) is 4.79 Å². The number of nitrogens with zero attached hydrogens (tertiary/aromatic N) is 2. The average Bonchev–Trinajstić information content (AvgIpc) is 3.28. The highest BCUT2D eigenvalue weighted by Crippen LogP contribution is 2.41. The fourth-order valence-corrected chi connectivity index (χ4v) is 5.61. The van der Waals surface area contributed by atoms with Crippen LogP contribution in [0.15, 0.2) is 30.3 Å². The summed E-state index contributed by atoms with van der Waals surface area (Å²) in [7, 11) is -5.55. The standard InChI is InChI=1S/C23H23BClN3O11S/c1-40(37,38)28-8-7-27(23(28)35)22(34)26-18(13-5-6-15(29)19(31)17(13)25)16(30)10-12-9-11-3-2-4-14(21(32)33)20(11)39-24(12)36/h2-6,12,18,29,31,36H,7-10H2,1H3,(H,26,34)(H,32,33)/t12-,18?/m1/s1. The van der Waals surface area contributed by atoms with Gasteiger partial charge in [-0.05, 0) is 24.1 Å². The fraction of sp³-hybridized carbons (Fsp3) is 0.304. The Hall–Kier alpha value is -4.02. The minimum atomic E-state index is -3.96. The van der Waals surface area contributed by atoms with Crippen LogP contribution in [0, 0.1) is 0 Å². The van der Waals surface area contributed by atoms with Gasteiger partial charge < -0.3 is 30.3 Å². The summed E-state index contributed by atoms with van der Waals surface area (Å²) in [5, 5.41) is 41.7. The predicted molar refractivity (Wildman–Crippen MR) is 139 cm³/mol. The fourth-order valence-electron chi connectivity index (χ4n) is 4.54. The molecule has 2 aliphatic rings. The Morgan fingerprint density at radius 2 is 1.90 bits per heavy atom. The Morgan fingerprint density at radius 3 is 2.52 bits per heavy atom. The van der Waals surface area contributed by atoms with Gasteiger partial charge in [-0.15, -0.1) is 0 Å². The number of hydrogen-bond acceptors (Lipinski definition) is 10. The van der Waals surface area contributed by atoms with Crippen molar-refractivity contribution >= 4 is 52.6 Å². The molecule has 5 N–H and O–H groups in total. The van der Waals surface area contributed by atoms with E-state index in [0.717, 1.165) is 18.4 Å². The van der Waals surface area contributed by atoms with Crippen LogP contribution in [0.2, 0.25) is 10.8 Å². The van der Waals surface area contributed by atoms with E-state index in [0.29, 0.717) is 14.8 Å². The highest BCUT2D eigenvalue weighted by Gasteiger charge is 2.42. The van der Waals surface area contributed by atoms with Crippen molar-refractivity contribution in [2.75, 3.05) is 19.3 Å². The Labute approximate surface area is 232 Å². The summed E-state index contributed by atoms with van der Waals surface area (Å²) in [5.74, 6) is -4.34. The van der Waals surface area contributed by atoms with Crippen LogP contribution >= 0.6 is 11.6 Å². The van der Waals surface area contributed by atoms with E-state index < -0.39 is 75.8 Å². The minimum Gasteiger partial charge on any atom is -0.535 e. The second-order valence-corrected chi connectivity index (χ2v) is 11.5. The monoisotopic (exact) mass is 595 g/mol. The summed E-state index contributed by atoms with van der Waals surface area (Å²) in [6.45, 7) is -0.598. The summed E-state index contributed by atoms with van der Waals surface area (Å²) >= 11 is 6.17. The second kappa shape index (κ2) is 10.9. The number of rotatable bonds is 7. The number of phenols is 2. The Bertz CT molecular complexity index is 1520. The molecule has 0 radical (unpaired) electrons. The van der Waals surface area contributed by atoms with Crippen LogP contribution < -0.4 is 9.97 Å². The third kappa shape index (κ3) is 5.50. The van der Waals surface area contributed by atoms with Crippen LogP contribution in [-0.2, 0) is 21.2 Å². The summed E-state index contributed by atoms with van der Waals surface area (Å²) in [6, 6.07) is 2.67. The molecule has 4 rings (SSSR count). The van der Waals surface area contributed by atoms with Gasteiger partial charge in [0.05, 0.1) is 29.9 Å². The summed E-state index contributed by atoms with van der Waals surface area (Å²) in [4.78, 5) is 51.2. The number of halogens is 1. The van der Waals surface area contributed by atoms with Gasteiger partial charge in [-0.25, -0.2) is 32.0 Å². The number of urea groups is 2. The number of carbonyl (C=O) groups is 4. The number of Topliss-reactive ketones (excluding diaryl/α,β-unsaturated/α-hetero) is 1. The number of benzene rings is 2. The molecule has 0 aromatic heterocycles. The average molecular weight is 596 g/mol. The van der Waals surface area contributed by atoms with Gasteiger partial charge in [0.1, 0.15) is 11.8 Å². The van der Waals surface area contributed by atoms with Crippen molar-refractivity contribution in [1.29, 1.82) is 0 Å². The van der Waals surface area contributed by atoms with E-state index in [9.17, 15) is 47.9 Å². The highest BCUT2D eigenvalue weighted by atomic mass is 35.5. The van der Waals surface area contributed by atoms with E-state index in [4.69, 9.17) is 16.3 Å². The number of fused-ring (bicyclic) bond motifs is 1. The zero-order valence-corrected chi connectivity index (χ0v) is 22.3. The first-order valence-corrected chi connectivity index (χ1v) is 14.0. The molecule has 1 unspecified atom stereocenters. The molecule has 2 aromatic rings. The van der Waals surface area contributed by atoms with E-state index in [1.165, 1.54) is 12.1 Å². The molecule has 0 aliphatic carbocycles. The lowest BCUT2D eigenvalue weighted by Crippen LogP contribution is -2.47. The van der Waals surface area contributed by atoms with Crippen molar-refractivity contribution in [3.05, 3.63) is 52.0 Å². The molecule has 0 bridgehead atoms. The first kappa shape index (κ1) is 29.0. The molecule has 0 spiro atoms. The lowest BCUT2D eigenvalue weighted by Gasteiger charge is -2.29. The number of sulfonamides is 1. The second-order valence-electron chi connectivity index (χ2n) is 9.23. The zero-order chi connectivity index (χ0) is 29.5. The van der Waals surface area contributed by atoms with Crippen molar-refractivity contribution in [1.82, 2.24) is 14.5 Å². The van der Waals surface area contributed by atoms with Crippen LogP contribution in [-0.4, -0.2) is 88.2 Å². The molecule has 1 fully saturated rings. The first-order chi connectivity index (χ1) is 18.7. The van der Waals surface area contributed by atoms with Crippen molar-refractivity contribution in [2.45, 2.75) is 24.7 Å². The number of carboxylic acids is 1. The number of carboxylic acid groups (broad SMARTS) is 1. The SMILES string of the molecule is CS(=O)(=O)N1CCN(C(=O)NC(C(=O)C[C@H]2Cc3cccc(C(=O)O)c3OB2O)c2ccc(O)c(O)c2Cl)C1=O. The van der Waals surface area contributed by atoms with Crippen molar-refractivity contribution in [3.8, 4) is 17.2 Å². The predicted octanol–water partition coefficient (Wildman–Crippen LogP) is 1.34. The van der Waals surface area contributed by atoms with Crippen LogP contribution in [0.25, 0.3) is 0 Å². The van der Waals surface area contributed by atoms with Gasteiger partial charge in [0.2, 0.25) is 10.0 Å². The molecule has 2 aromatic carbocycles. The third-order valence-corrected chi connectivity index (χ3v) is 8.09. The Morgan fingerprint density at radius 1 is 1.20 bits per heavy atom. The smallest absolute Gasteiger partial charge is 0.526 e. The van der Waals surface area contributed by atoms with Crippen molar-refractivity contribution in [2.24, 2.45) is 0 Å². The van der Waals surface area contributed by atoms with E-state index >= 15 is 0 Å². The number of carbonyl (C=O) groups excluding carboxylic acids is 3. The molecule has 17 heteroatoms. The quantitative estimate of drug-likeness (QED) is 0.228. The highest BCUT2D eigenvalue weighted by molar-refractivity contribution is 7.88. The maximum atomic E-state index is 13.6. The summed E-state index contributed by atoms with van der Waals surface area (Å²) < 4.78 is 29.6. The number of ketones is 1. The van der Waals surface area contributed by atoms with E-state index in [2.05, 4.69) is 5.32 Å². The topological polar surface area (TPSA) is 211 Å². The number of aromatic carboxylic acids is 1. The molecule has 40 heavy (non-hydrogen) atoms. The number of nitrogens with one attached hydrogen (secondary N) is 1. The van der Waals surface area contributed by atoms with Crippen LogP contribution in [0.3, 0.4) is 0 Å². The number of imide groups is 1. The summed E-state index contributed by atoms with van der Waals surface area (Å²) in [5.41, 5.74) is 0.102. The van der Waals surface area contributed by atoms with E-state index in [1.807, 2.05) is 0 Å². The van der Waals surface area contributed by atoms with Gasteiger partial charge in [0.15, 0.2) is 17.3 Å². The molecule has 1 saturated heterocycles. The number of aromatic hydroxyl groups is 2. The molecule has 2 aliphatic heterocycles. The van der Waals surface area contributed by atoms with Crippen LogP contribution in [0.5, 0.6) is 17.2 Å². The number of amides is 4. The van der Waals surface area contributed by atoms with Gasteiger partial charge in [0.25, 0.3) is 0 Å². The van der Waals surface area contributed by atoms with E-state index in [-0.39, 0.29) is 36.4 Å². The third-order valence-electron chi connectivity index (χ3n) is 6.56. The van der Waals surface area contributed by atoms with Gasteiger partial charge in [-0.2, -0.15) is 0 Å². The zero-order valence-electron chi connectivity index (χ0n) is 20.8.